The van der Waals surface area contributed by atoms with Crippen molar-refractivity contribution in [2.45, 2.75) is 0 Å². The normalized spacial score (nSPS) is 10.6. The van der Waals surface area contributed by atoms with Crippen LogP contribution in [0.5, 0.6) is 0 Å². The highest BCUT2D eigenvalue weighted by molar-refractivity contribution is 7.55. The third-order valence-corrected chi connectivity index (χ3v) is 6.71. The highest BCUT2D eigenvalue weighted by atomic mass is 31.1. The molecule has 0 spiro atoms. The Morgan fingerprint density at radius 1 is 0.438 bits per heavy atom. The molecule has 1 heterocycles. The van der Waals surface area contributed by atoms with E-state index in [0.717, 1.165) is 8.58 Å². The van der Waals surface area contributed by atoms with E-state index in [2.05, 4.69) is 138 Å². The molecule has 0 unspecified atom stereocenters. The molecule has 0 aliphatic carbocycles. The number of fused-ring (bicyclic) bond motifs is 3. The van der Waals surface area contributed by atoms with Crippen molar-refractivity contribution < 1.29 is 0 Å². The summed E-state index contributed by atoms with van der Waals surface area (Å²) >= 11 is 0. The fourth-order valence-electron chi connectivity index (χ4n) is 3.94. The van der Waals surface area contributed by atoms with E-state index in [1.807, 2.05) is 0 Å². The van der Waals surface area contributed by atoms with Crippen molar-refractivity contribution in [3.05, 3.63) is 133 Å². The zero-order valence-electron chi connectivity index (χ0n) is 17.7. The minimum Gasteiger partial charge on any atom is -0.354 e. The van der Waals surface area contributed by atoms with Crippen molar-refractivity contribution in [2.75, 3.05) is 0 Å². The Morgan fingerprint density at radius 2 is 0.969 bits per heavy atom. The van der Waals surface area contributed by atoms with Crippen molar-refractivity contribution in [1.29, 1.82) is 0 Å². The van der Waals surface area contributed by atoms with Gasteiger partial charge in [-0.2, -0.15) is 0 Å². The highest BCUT2D eigenvalue weighted by Gasteiger charge is 2.08. The van der Waals surface area contributed by atoms with E-state index >= 15 is 0 Å². The molecule has 1 aromatic heterocycles. The average molecular weight is 430 g/mol. The summed E-state index contributed by atoms with van der Waals surface area (Å²) in [5, 5.41) is 5.37. The zero-order chi connectivity index (χ0) is 21.6. The van der Waals surface area contributed by atoms with Crippen LogP contribution in [0.4, 0.5) is 0 Å². The second-order valence-corrected chi connectivity index (χ2v) is 9.03. The summed E-state index contributed by atoms with van der Waals surface area (Å²) in [4.78, 5) is 3.55. The van der Waals surface area contributed by atoms with Crippen molar-refractivity contribution in [3.8, 4) is 11.1 Å². The summed E-state index contributed by atoms with van der Waals surface area (Å²) < 4.78 is 0. The summed E-state index contributed by atoms with van der Waals surface area (Å²) in [5.74, 6) is 0. The maximum atomic E-state index is 3.55. The molecule has 0 aliphatic rings. The highest BCUT2D eigenvalue weighted by Crippen LogP contribution is 2.32. The van der Waals surface area contributed by atoms with E-state index in [4.69, 9.17) is 0 Å². The standard InChI is InChI=1S/C18H13N.C12H11P/c1-2-7-13(8-3-1)14-10-6-11-16-15-9-4-5-12-17(15)19-18(14)16;1-3-7-11(8-4-1)13-12-9-5-2-6-10-12/h1-12,19H;1-10,13H. The van der Waals surface area contributed by atoms with Crippen molar-refractivity contribution in [2.24, 2.45) is 0 Å². The first-order chi connectivity index (χ1) is 15.9. The van der Waals surface area contributed by atoms with Crippen LogP contribution in [0.25, 0.3) is 32.9 Å². The number of nitrogens with one attached hydrogen (secondary N) is 1. The van der Waals surface area contributed by atoms with Gasteiger partial charge < -0.3 is 4.98 Å². The third kappa shape index (κ3) is 4.49. The molecule has 32 heavy (non-hydrogen) atoms. The Bertz CT molecular complexity index is 1380. The molecule has 6 aromatic rings. The molecule has 0 amide bonds. The van der Waals surface area contributed by atoms with Gasteiger partial charge in [-0.3, -0.25) is 0 Å². The minimum absolute atomic E-state index is 0.777. The van der Waals surface area contributed by atoms with Crippen LogP contribution in [0.15, 0.2) is 133 Å². The number of aromatic nitrogens is 1. The summed E-state index contributed by atoms with van der Waals surface area (Å²) in [5.41, 5.74) is 4.92. The number of aromatic amines is 1. The summed E-state index contributed by atoms with van der Waals surface area (Å²) in [6, 6.07) is 46.6. The first-order valence-corrected chi connectivity index (χ1v) is 11.8. The second-order valence-electron chi connectivity index (χ2n) is 7.62. The van der Waals surface area contributed by atoms with Gasteiger partial charge >= 0.3 is 0 Å². The van der Waals surface area contributed by atoms with Gasteiger partial charge in [-0.05, 0) is 22.2 Å². The number of benzene rings is 5. The lowest BCUT2D eigenvalue weighted by Gasteiger charge is -2.03. The predicted molar refractivity (Wildman–Crippen MR) is 142 cm³/mol. The van der Waals surface area contributed by atoms with E-state index in [0.29, 0.717) is 0 Å². The van der Waals surface area contributed by atoms with Gasteiger partial charge in [-0.25, -0.2) is 0 Å². The smallest absolute Gasteiger partial charge is 0.0544 e. The van der Waals surface area contributed by atoms with E-state index in [-0.39, 0.29) is 0 Å². The van der Waals surface area contributed by atoms with Gasteiger partial charge in [0.05, 0.1) is 5.52 Å². The first kappa shape index (κ1) is 20.2. The molecule has 0 aliphatic heterocycles. The molecule has 2 heteroatoms. The lowest BCUT2D eigenvalue weighted by atomic mass is 10.0. The Hall–Kier alpha value is -3.67. The Kier molecular flexibility index (Phi) is 6.10. The fraction of sp³-hybridized carbons (Fsp3) is 0. The summed E-state index contributed by atoms with van der Waals surface area (Å²) in [6.45, 7) is 0. The molecular formula is C30H24NP. The molecule has 154 valence electrons. The quantitative estimate of drug-likeness (QED) is 0.284. The topological polar surface area (TPSA) is 15.8 Å². The summed E-state index contributed by atoms with van der Waals surface area (Å²) in [7, 11) is 0.777. The van der Waals surface area contributed by atoms with Crippen LogP contribution in [0.3, 0.4) is 0 Å². The van der Waals surface area contributed by atoms with Crippen LogP contribution in [0.2, 0.25) is 0 Å². The molecule has 5 aromatic carbocycles. The van der Waals surface area contributed by atoms with Crippen LogP contribution < -0.4 is 10.6 Å². The molecule has 0 saturated heterocycles. The fourth-order valence-corrected chi connectivity index (χ4v) is 4.99. The maximum Gasteiger partial charge on any atom is 0.0544 e. The monoisotopic (exact) mass is 429 g/mol. The van der Waals surface area contributed by atoms with Crippen LogP contribution in [-0.4, -0.2) is 4.98 Å². The number of H-pyrrole nitrogens is 1. The lowest BCUT2D eigenvalue weighted by molar-refractivity contribution is 1.53. The first-order valence-electron chi connectivity index (χ1n) is 10.8. The lowest BCUT2D eigenvalue weighted by Crippen LogP contribution is -2.01. The van der Waals surface area contributed by atoms with Gasteiger partial charge in [-0.1, -0.05) is 136 Å². The van der Waals surface area contributed by atoms with Gasteiger partial charge in [0.1, 0.15) is 0 Å². The Labute approximate surface area is 190 Å². The molecule has 0 bridgehead atoms. The van der Waals surface area contributed by atoms with E-state index < -0.39 is 0 Å². The third-order valence-electron chi connectivity index (χ3n) is 5.46. The van der Waals surface area contributed by atoms with Crippen molar-refractivity contribution in [3.63, 3.8) is 0 Å². The van der Waals surface area contributed by atoms with Gasteiger partial charge in [-0.15, -0.1) is 0 Å². The van der Waals surface area contributed by atoms with E-state index in [9.17, 15) is 0 Å². The molecule has 0 atom stereocenters. The SMILES string of the molecule is c1ccc(-c2cccc3c2[nH]c2ccccc23)cc1.c1ccc(Pc2ccccc2)cc1. The molecular weight excluding hydrogens is 405 g/mol. The number of hydrogen-bond donors (Lipinski definition) is 1. The van der Waals surface area contributed by atoms with Gasteiger partial charge in [0.25, 0.3) is 0 Å². The van der Waals surface area contributed by atoms with Crippen LogP contribution >= 0.6 is 8.58 Å². The largest absolute Gasteiger partial charge is 0.354 e. The number of para-hydroxylation sites is 2. The van der Waals surface area contributed by atoms with Gasteiger partial charge in [0, 0.05) is 21.9 Å². The molecule has 0 fully saturated rings. The minimum atomic E-state index is 0.777. The molecule has 1 nitrogen and oxygen atoms in total. The molecule has 0 radical (unpaired) electrons. The summed E-state index contributed by atoms with van der Waals surface area (Å²) in [6.07, 6.45) is 0. The average Bonchev–Trinajstić information content (AvgIpc) is 3.25. The van der Waals surface area contributed by atoms with Crippen LogP contribution in [0.1, 0.15) is 0 Å². The molecule has 1 N–H and O–H groups in total. The van der Waals surface area contributed by atoms with Crippen molar-refractivity contribution >= 4 is 41.0 Å². The second kappa shape index (κ2) is 9.64. The molecule has 6 rings (SSSR count). The predicted octanol–water partition coefficient (Wildman–Crippen LogP) is 7.30. The van der Waals surface area contributed by atoms with E-state index in [1.54, 1.807) is 0 Å². The number of rotatable bonds is 3. The maximum absolute atomic E-state index is 3.55. The van der Waals surface area contributed by atoms with Crippen molar-refractivity contribution in [1.82, 2.24) is 4.98 Å². The van der Waals surface area contributed by atoms with Crippen LogP contribution in [-0.2, 0) is 0 Å². The zero-order valence-corrected chi connectivity index (χ0v) is 18.7. The Balaban J connectivity index is 0.000000146. The van der Waals surface area contributed by atoms with Crippen LogP contribution in [0, 0.1) is 0 Å². The Morgan fingerprint density at radius 3 is 1.62 bits per heavy atom. The van der Waals surface area contributed by atoms with E-state index in [1.165, 1.54) is 43.5 Å². The van der Waals surface area contributed by atoms with Gasteiger partial charge in [0.15, 0.2) is 0 Å². The van der Waals surface area contributed by atoms with Gasteiger partial charge in [0.2, 0.25) is 0 Å². The molecule has 0 saturated carbocycles. The number of hydrogen-bond acceptors (Lipinski definition) is 0.